The summed E-state index contributed by atoms with van der Waals surface area (Å²) < 4.78 is 0. The zero-order valence-electron chi connectivity index (χ0n) is 24.3. The lowest BCUT2D eigenvalue weighted by Crippen LogP contribution is -2.12. The number of azo groups is 2. The quantitative estimate of drug-likeness (QED) is 0.166. The lowest BCUT2D eigenvalue weighted by Gasteiger charge is -2.03. The normalized spacial score (nSPS) is 10.6. The van der Waals surface area contributed by atoms with Gasteiger partial charge in [-0.2, -0.15) is 0 Å². The van der Waals surface area contributed by atoms with Crippen molar-refractivity contribution in [1.29, 1.82) is 0 Å². The van der Waals surface area contributed by atoms with E-state index < -0.39 is 0 Å². The molecule has 224 valence electrons. The van der Waals surface area contributed by atoms with Gasteiger partial charge in [-0.15, -0.1) is 20.5 Å². The number of amides is 2. The van der Waals surface area contributed by atoms with E-state index in [1.165, 1.54) is 0 Å². The summed E-state index contributed by atoms with van der Waals surface area (Å²) in [7, 11) is 0. The maximum Gasteiger partial charge on any atom is 0.256 e. The number of carbonyl (C=O) groups is 2. The molecule has 2 aromatic carbocycles. The minimum absolute atomic E-state index is 0.225. The summed E-state index contributed by atoms with van der Waals surface area (Å²) in [6.07, 6.45) is 6.55. The summed E-state index contributed by atoms with van der Waals surface area (Å²) in [4.78, 5) is 40.4. The first-order chi connectivity index (χ1) is 22.6. The van der Waals surface area contributed by atoms with Crippen LogP contribution in [0.1, 0.15) is 20.7 Å². The highest BCUT2D eigenvalue weighted by Crippen LogP contribution is 2.19. The Morgan fingerprint density at radius 1 is 0.413 bits per heavy atom. The summed E-state index contributed by atoms with van der Waals surface area (Å²) in [6.45, 7) is 0. The largest absolute Gasteiger partial charge is 0.307 e. The summed E-state index contributed by atoms with van der Waals surface area (Å²) in [5.41, 5.74) is 2.33. The molecule has 2 N–H and O–H groups in total. The fraction of sp³-hybridized carbons (Fsp3) is 0. The number of benzene rings is 2. The molecule has 0 saturated carbocycles. The van der Waals surface area contributed by atoms with Crippen LogP contribution in [0, 0.1) is 0 Å². The first kappa shape index (κ1) is 30.6. The molecule has 12 heteroatoms. The number of hydrogen-bond acceptors (Lipinski definition) is 10. The van der Waals surface area contributed by atoms with E-state index in [0.717, 1.165) is 0 Å². The maximum atomic E-state index is 12.1. The topological polar surface area (TPSA) is 159 Å². The molecule has 0 aliphatic heterocycles. The number of nitrogens with zero attached hydrogens (tertiary/aromatic N) is 8. The van der Waals surface area contributed by atoms with Gasteiger partial charge in [0.15, 0.2) is 11.6 Å². The second kappa shape index (κ2) is 16.1. The van der Waals surface area contributed by atoms with Gasteiger partial charge in [-0.25, -0.2) is 19.9 Å². The number of carbonyl (C=O) groups excluding carboxylic acids is 2. The summed E-state index contributed by atoms with van der Waals surface area (Å²) in [5, 5.41) is 21.6. The van der Waals surface area contributed by atoms with Crippen LogP contribution in [0.3, 0.4) is 0 Å². The van der Waals surface area contributed by atoms with Crippen molar-refractivity contribution in [2.24, 2.45) is 20.5 Å². The van der Waals surface area contributed by atoms with Crippen molar-refractivity contribution in [3.63, 3.8) is 0 Å². The van der Waals surface area contributed by atoms with Gasteiger partial charge in [0.05, 0.1) is 11.4 Å². The van der Waals surface area contributed by atoms with Gasteiger partial charge in [0.25, 0.3) is 11.8 Å². The predicted molar refractivity (Wildman–Crippen MR) is 174 cm³/mol. The third-order valence-corrected chi connectivity index (χ3v) is 5.91. The highest BCUT2D eigenvalue weighted by atomic mass is 16.2. The van der Waals surface area contributed by atoms with Gasteiger partial charge in [0.2, 0.25) is 0 Å². The van der Waals surface area contributed by atoms with E-state index in [-0.39, 0.29) is 11.8 Å². The molecule has 0 spiro atoms. The molecule has 0 aliphatic rings. The van der Waals surface area contributed by atoms with Gasteiger partial charge in [-0.3, -0.25) is 9.59 Å². The molecule has 0 fully saturated rings. The molecular weight excluding hydrogens is 580 g/mol. The highest BCUT2D eigenvalue weighted by molar-refractivity contribution is 6.04. The Morgan fingerprint density at radius 2 is 0.783 bits per heavy atom. The van der Waals surface area contributed by atoms with Gasteiger partial charge in [-0.1, -0.05) is 24.3 Å². The van der Waals surface area contributed by atoms with E-state index in [4.69, 9.17) is 0 Å². The lowest BCUT2D eigenvalue weighted by atomic mass is 10.2. The Balaban J connectivity index is 0.000000181. The van der Waals surface area contributed by atoms with Crippen molar-refractivity contribution >= 4 is 46.5 Å². The van der Waals surface area contributed by atoms with Crippen LogP contribution in [0.5, 0.6) is 0 Å². The molecule has 0 radical (unpaired) electrons. The van der Waals surface area contributed by atoms with Gasteiger partial charge in [0.1, 0.15) is 11.6 Å². The number of rotatable bonds is 8. The second-order valence-corrected chi connectivity index (χ2v) is 9.21. The van der Waals surface area contributed by atoms with Crippen LogP contribution < -0.4 is 10.6 Å². The summed E-state index contributed by atoms with van der Waals surface area (Å²) in [6, 6.07) is 35.1. The first-order valence-corrected chi connectivity index (χ1v) is 13.9. The minimum atomic E-state index is -0.225. The summed E-state index contributed by atoms with van der Waals surface area (Å²) in [5.74, 6) is 1.63. The van der Waals surface area contributed by atoms with Crippen LogP contribution in [0.4, 0.5) is 34.6 Å². The zero-order chi connectivity index (χ0) is 31.8. The van der Waals surface area contributed by atoms with E-state index in [2.05, 4.69) is 51.0 Å². The Labute approximate surface area is 264 Å². The molecule has 0 atom stereocenters. The SMILES string of the molecule is O=C(Nc1ccccn1)c1ccc(/N=N/c2ccccn2)cc1.O=C(Nc1ccccn1)c1ccc(/N=N\c2ccccn2)cc1. The fourth-order valence-corrected chi connectivity index (χ4v) is 3.65. The first-order valence-electron chi connectivity index (χ1n) is 13.9. The lowest BCUT2D eigenvalue weighted by molar-refractivity contribution is 0.101. The van der Waals surface area contributed by atoms with Crippen molar-refractivity contribution in [3.05, 3.63) is 157 Å². The second-order valence-electron chi connectivity index (χ2n) is 9.21. The van der Waals surface area contributed by atoms with Gasteiger partial charge in [-0.05, 0) is 97.1 Å². The van der Waals surface area contributed by atoms with Crippen LogP contribution in [-0.2, 0) is 0 Å². The van der Waals surface area contributed by atoms with Gasteiger partial charge >= 0.3 is 0 Å². The Bertz CT molecular complexity index is 1750. The molecule has 0 aliphatic carbocycles. The molecule has 4 heterocycles. The standard InChI is InChI=1S/2C17H13N5O/c2*23-17(20-15-5-1-3-11-18-15)13-7-9-14(10-8-13)21-22-16-6-2-4-12-19-16/h2*1-12H,(H,18,20,23)/b22-21+;22-21-. The average Bonchev–Trinajstić information content (AvgIpc) is 3.12. The van der Waals surface area contributed by atoms with Crippen molar-refractivity contribution < 1.29 is 9.59 Å². The Kier molecular flexibility index (Phi) is 10.7. The van der Waals surface area contributed by atoms with Crippen molar-refractivity contribution in [1.82, 2.24) is 19.9 Å². The molecule has 4 aromatic heterocycles. The van der Waals surface area contributed by atoms with E-state index in [1.807, 2.05) is 36.4 Å². The van der Waals surface area contributed by atoms with Crippen LogP contribution in [0.2, 0.25) is 0 Å². The van der Waals surface area contributed by atoms with Crippen molar-refractivity contribution in [2.45, 2.75) is 0 Å². The number of pyridine rings is 4. The van der Waals surface area contributed by atoms with E-state index in [9.17, 15) is 9.59 Å². The molecule has 0 saturated heterocycles. The molecular formula is C34H26N10O2. The van der Waals surface area contributed by atoms with Crippen LogP contribution >= 0.6 is 0 Å². The fourth-order valence-electron chi connectivity index (χ4n) is 3.65. The zero-order valence-corrected chi connectivity index (χ0v) is 24.3. The van der Waals surface area contributed by atoms with Crippen LogP contribution in [0.15, 0.2) is 167 Å². The number of hydrogen-bond donors (Lipinski definition) is 2. The number of aromatic nitrogens is 4. The van der Waals surface area contributed by atoms with E-state index >= 15 is 0 Å². The molecule has 2 amide bonds. The molecule has 0 bridgehead atoms. The Hall–Kier alpha value is -6.82. The maximum absolute atomic E-state index is 12.1. The van der Waals surface area contributed by atoms with E-state index in [0.29, 0.717) is 45.8 Å². The van der Waals surface area contributed by atoms with Gasteiger partial charge < -0.3 is 10.6 Å². The number of nitrogens with one attached hydrogen (secondary N) is 2. The molecule has 46 heavy (non-hydrogen) atoms. The molecule has 6 rings (SSSR count). The monoisotopic (exact) mass is 606 g/mol. The molecule has 0 unspecified atom stereocenters. The number of anilines is 2. The Morgan fingerprint density at radius 3 is 1.11 bits per heavy atom. The van der Waals surface area contributed by atoms with E-state index in [1.54, 1.807) is 110 Å². The third kappa shape index (κ3) is 9.61. The highest BCUT2D eigenvalue weighted by Gasteiger charge is 2.07. The smallest absolute Gasteiger partial charge is 0.256 e. The molecule has 12 nitrogen and oxygen atoms in total. The average molecular weight is 607 g/mol. The van der Waals surface area contributed by atoms with Crippen LogP contribution in [-0.4, -0.2) is 31.8 Å². The van der Waals surface area contributed by atoms with Crippen molar-refractivity contribution in [2.75, 3.05) is 10.6 Å². The molecule has 6 aromatic rings. The van der Waals surface area contributed by atoms with Gasteiger partial charge in [0, 0.05) is 35.9 Å². The van der Waals surface area contributed by atoms with Crippen molar-refractivity contribution in [3.8, 4) is 0 Å². The minimum Gasteiger partial charge on any atom is -0.307 e. The third-order valence-electron chi connectivity index (χ3n) is 5.91. The predicted octanol–water partition coefficient (Wildman–Crippen LogP) is 8.29. The van der Waals surface area contributed by atoms with Crippen LogP contribution in [0.25, 0.3) is 0 Å². The summed E-state index contributed by atoms with van der Waals surface area (Å²) >= 11 is 0.